The van der Waals surface area contributed by atoms with Gasteiger partial charge in [-0.3, -0.25) is 4.99 Å². The predicted molar refractivity (Wildman–Crippen MR) is 117 cm³/mol. The summed E-state index contributed by atoms with van der Waals surface area (Å²) in [6.07, 6.45) is 6.01. The van der Waals surface area contributed by atoms with Gasteiger partial charge in [-0.1, -0.05) is 24.3 Å². The summed E-state index contributed by atoms with van der Waals surface area (Å²) in [4.78, 5) is 11.3. The lowest BCUT2D eigenvalue weighted by molar-refractivity contribution is 0.707. The summed E-state index contributed by atoms with van der Waals surface area (Å²) >= 11 is 0. The molecule has 0 aliphatic heterocycles. The van der Waals surface area contributed by atoms with Gasteiger partial charge < -0.3 is 19.9 Å². The highest BCUT2D eigenvalue weighted by atomic mass is 15.2. The van der Waals surface area contributed by atoms with E-state index < -0.39 is 0 Å². The predicted octanol–water partition coefficient (Wildman–Crippen LogP) is 2.96. The molecule has 0 aliphatic carbocycles. The highest BCUT2D eigenvalue weighted by Gasteiger charge is 2.04. The molecule has 6 nitrogen and oxygen atoms in total. The van der Waals surface area contributed by atoms with Gasteiger partial charge in [0, 0.05) is 57.7 Å². The molecule has 3 aromatic rings. The van der Waals surface area contributed by atoms with Crippen LogP contribution in [0, 0.1) is 0 Å². The maximum atomic E-state index is 4.63. The summed E-state index contributed by atoms with van der Waals surface area (Å²) in [7, 11) is 1.81. The van der Waals surface area contributed by atoms with Crippen molar-refractivity contribution in [3.63, 3.8) is 0 Å². The summed E-state index contributed by atoms with van der Waals surface area (Å²) < 4.78 is 2.05. The molecule has 0 saturated carbocycles. The van der Waals surface area contributed by atoms with Gasteiger partial charge >= 0.3 is 0 Å². The Morgan fingerprint density at radius 1 is 1.07 bits per heavy atom. The molecule has 6 heteroatoms. The van der Waals surface area contributed by atoms with Crippen molar-refractivity contribution in [2.24, 2.45) is 4.99 Å². The summed E-state index contributed by atoms with van der Waals surface area (Å²) in [5, 5.41) is 6.77. The first kappa shape index (κ1) is 19.7. The van der Waals surface area contributed by atoms with Crippen molar-refractivity contribution < 1.29 is 0 Å². The fourth-order valence-corrected chi connectivity index (χ4v) is 3.22. The highest BCUT2D eigenvalue weighted by Crippen LogP contribution is 2.12. The summed E-state index contributed by atoms with van der Waals surface area (Å²) in [6, 6.07) is 16.6. The van der Waals surface area contributed by atoms with Crippen molar-refractivity contribution >= 4 is 17.3 Å². The van der Waals surface area contributed by atoms with Gasteiger partial charge in [0.25, 0.3) is 0 Å². The normalized spacial score (nSPS) is 11.6. The Hall–Kier alpha value is -3.02. The largest absolute Gasteiger partial charge is 0.372 e. The van der Waals surface area contributed by atoms with Crippen molar-refractivity contribution in [2.45, 2.75) is 19.8 Å². The van der Waals surface area contributed by atoms with Gasteiger partial charge in [-0.05, 0) is 37.6 Å². The van der Waals surface area contributed by atoms with E-state index in [9.17, 15) is 0 Å². The standard InChI is InChI=1S/C22H30N6/c1-3-27(20-10-5-4-6-11-20)17-9-14-24-22(23-2)25-15-13-19-18-28-16-8-7-12-21(28)26-19/h4-8,10-12,16,18H,3,9,13-15,17H2,1-2H3,(H2,23,24,25). The second kappa shape index (κ2) is 10.3. The molecule has 148 valence electrons. The molecule has 0 aliphatic rings. The van der Waals surface area contributed by atoms with Crippen molar-refractivity contribution in [3.05, 3.63) is 66.6 Å². The molecule has 0 unspecified atom stereocenters. The topological polar surface area (TPSA) is 57.0 Å². The Balaban J connectivity index is 1.37. The van der Waals surface area contributed by atoms with Crippen molar-refractivity contribution in [3.8, 4) is 0 Å². The van der Waals surface area contributed by atoms with E-state index in [1.165, 1.54) is 5.69 Å². The Labute approximate surface area is 167 Å². The highest BCUT2D eigenvalue weighted by molar-refractivity contribution is 5.79. The van der Waals surface area contributed by atoms with Crippen LogP contribution in [0.5, 0.6) is 0 Å². The third kappa shape index (κ3) is 5.49. The number of nitrogens with one attached hydrogen (secondary N) is 2. The lowest BCUT2D eigenvalue weighted by Gasteiger charge is -2.23. The molecule has 0 spiro atoms. The summed E-state index contributed by atoms with van der Waals surface area (Å²) in [5.74, 6) is 0.839. The van der Waals surface area contributed by atoms with Gasteiger partial charge in [-0.2, -0.15) is 0 Å². The van der Waals surface area contributed by atoms with Crippen molar-refractivity contribution in [2.75, 3.05) is 38.1 Å². The lowest BCUT2D eigenvalue weighted by atomic mass is 10.2. The number of aliphatic imine (C=N–C) groups is 1. The number of imidazole rings is 1. The van der Waals surface area contributed by atoms with Gasteiger partial charge in [0.15, 0.2) is 5.96 Å². The molecule has 2 aromatic heterocycles. The van der Waals surface area contributed by atoms with Gasteiger partial charge in [-0.15, -0.1) is 0 Å². The Morgan fingerprint density at radius 2 is 1.86 bits per heavy atom. The van der Waals surface area contributed by atoms with Crippen LogP contribution >= 0.6 is 0 Å². The molecule has 0 radical (unpaired) electrons. The first-order chi connectivity index (χ1) is 13.8. The first-order valence-electron chi connectivity index (χ1n) is 9.97. The van der Waals surface area contributed by atoms with Crippen LogP contribution in [0.1, 0.15) is 19.0 Å². The average molecular weight is 379 g/mol. The molecule has 0 fully saturated rings. The molecule has 0 amide bonds. The van der Waals surface area contributed by atoms with Gasteiger partial charge in [0.1, 0.15) is 5.65 Å². The van der Waals surface area contributed by atoms with Gasteiger partial charge in [-0.25, -0.2) is 4.98 Å². The van der Waals surface area contributed by atoms with Crippen LogP contribution < -0.4 is 15.5 Å². The molecular weight excluding hydrogens is 348 g/mol. The minimum Gasteiger partial charge on any atom is -0.372 e. The number of rotatable bonds is 9. The summed E-state index contributed by atoms with van der Waals surface area (Å²) in [6.45, 7) is 5.91. The van der Waals surface area contributed by atoms with E-state index >= 15 is 0 Å². The van der Waals surface area contributed by atoms with Crippen LogP contribution in [-0.2, 0) is 6.42 Å². The lowest BCUT2D eigenvalue weighted by Crippen LogP contribution is -2.39. The molecule has 28 heavy (non-hydrogen) atoms. The van der Waals surface area contributed by atoms with E-state index in [4.69, 9.17) is 0 Å². The van der Waals surface area contributed by atoms with E-state index in [-0.39, 0.29) is 0 Å². The minimum atomic E-state index is 0.800. The van der Waals surface area contributed by atoms with Crippen LogP contribution in [0.4, 0.5) is 5.69 Å². The second-order valence-corrected chi connectivity index (χ2v) is 6.64. The number of nitrogens with zero attached hydrogens (tertiary/aromatic N) is 4. The number of guanidine groups is 1. The second-order valence-electron chi connectivity index (χ2n) is 6.64. The monoisotopic (exact) mass is 378 g/mol. The Bertz CT molecular complexity index is 838. The molecule has 1 aromatic carbocycles. The number of aromatic nitrogens is 2. The zero-order chi connectivity index (χ0) is 19.6. The zero-order valence-corrected chi connectivity index (χ0v) is 16.8. The van der Waals surface area contributed by atoms with Crippen LogP contribution in [0.15, 0.2) is 65.9 Å². The number of para-hydroxylation sites is 1. The van der Waals surface area contributed by atoms with Crippen LogP contribution in [0.2, 0.25) is 0 Å². The van der Waals surface area contributed by atoms with E-state index in [0.717, 1.165) is 56.3 Å². The number of hydrogen-bond donors (Lipinski definition) is 2. The SMILES string of the molecule is CCN(CCCNC(=NC)NCCc1cn2ccccc2n1)c1ccccc1. The fourth-order valence-electron chi connectivity index (χ4n) is 3.22. The van der Waals surface area contributed by atoms with Crippen LogP contribution in [-0.4, -0.2) is 48.6 Å². The quantitative estimate of drug-likeness (QED) is 0.341. The maximum absolute atomic E-state index is 4.63. The Morgan fingerprint density at radius 3 is 2.61 bits per heavy atom. The number of benzene rings is 1. The molecule has 0 bridgehead atoms. The smallest absolute Gasteiger partial charge is 0.190 e. The number of anilines is 1. The third-order valence-corrected chi connectivity index (χ3v) is 4.71. The van der Waals surface area contributed by atoms with Crippen LogP contribution in [0.25, 0.3) is 5.65 Å². The fraction of sp³-hybridized carbons (Fsp3) is 0.364. The van der Waals surface area contributed by atoms with E-state index in [1.807, 2.05) is 31.4 Å². The van der Waals surface area contributed by atoms with Crippen LogP contribution in [0.3, 0.4) is 0 Å². The Kier molecular flexibility index (Phi) is 7.29. The number of fused-ring (bicyclic) bond motifs is 1. The number of pyridine rings is 1. The number of hydrogen-bond acceptors (Lipinski definition) is 3. The first-order valence-corrected chi connectivity index (χ1v) is 9.97. The van der Waals surface area contributed by atoms with Gasteiger partial charge in [0.05, 0.1) is 5.69 Å². The third-order valence-electron chi connectivity index (χ3n) is 4.71. The molecule has 2 heterocycles. The summed E-state index contributed by atoms with van der Waals surface area (Å²) in [5.41, 5.74) is 3.34. The van der Waals surface area contributed by atoms with Gasteiger partial charge in [0.2, 0.25) is 0 Å². The maximum Gasteiger partial charge on any atom is 0.190 e. The van der Waals surface area contributed by atoms with Crippen molar-refractivity contribution in [1.29, 1.82) is 0 Å². The molecule has 0 saturated heterocycles. The molecule has 3 rings (SSSR count). The van der Waals surface area contributed by atoms with E-state index in [0.29, 0.717) is 0 Å². The molecular formula is C22H30N6. The average Bonchev–Trinajstić information content (AvgIpc) is 3.16. The molecule has 2 N–H and O–H groups in total. The van der Waals surface area contributed by atoms with Crippen molar-refractivity contribution in [1.82, 2.24) is 20.0 Å². The zero-order valence-electron chi connectivity index (χ0n) is 16.8. The molecule has 0 atom stereocenters. The van der Waals surface area contributed by atoms with E-state index in [2.05, 4.69) is 73.4 Å². The minimum absolute atomic E-state index is 0.800. The van der Waals surface area contributed by atoms with E-state index in [1.54, 1.807) is 0 Å².